The lowest BCUT2D eigenvalue weighted by atomic mass is 9.81. The summed E-state index contributed by atoms with van der Waals surface area (Å²) in [4.78, 5) is 35.8. The Labute approximate surface area is 179 Å². The number of methoxy groups -OCH3 is 1. The highest BCUT2D eigenvalue weighted by atomic mass is 16.5. The van der Waals surface area contributed by atoms with E-state index in [-0.39, 0.29) is 23.4 Å². The largest absolute Gasteiger partial charge is 0.495 e. The van der Waals surface area contributed by atoms with Gasteiger partial charge in [0.25, 0.3) is 5.56 Å². The van der Waals surface area contributed by atoms with Gasteiger partial charge in [0.15, 0.2) is 0 Å². The molecular formula is C23H23N5O3. The first-order valence-electron chi connectivity index (χ1n) is 10.3. The number of benzene rings is 1. The number of nitrogens with one attached hydrogen (secondary N) is 1. The molecule has 2 bridgehead atoms. The molecule has 158 valence electrons. The predicted octanol–water partition coefficient (Wildman–Crippen LogP) is 2.97. The van der Waals surface area contributed by atoms with Crippen LogP contribution in [0.25, 0.3) is 11.1 Å². The van der Waals surface area contributed by atoms with E-state index in [2.05, 4.69) is 15.3 Å². The van der Waals surface area contributed by atoms with Crippen molar-refractivity contribution in [3.63, 3.8) is 0 Å². The Balaban J connectivity index is 1.46. The number of nitrogens with zero attached hydrogens (tertiary/aromatic N) is 4. The molecule has 4 heterocycles. The first-order valence-corrected chi connectivity index (χ1v) is 10.3. The Morgan fingerprint density at radius 2 is 1.90 bits per heavy atom. The lowest BCUT2D eigenvalue weighted by Gasteiger charge is -2.43. The van der Waals surface area contributed by atoms with Gasteiger partial charge in [-0.05, 0) is 30.5 Å². The van der Waals surface area contributed by atoms with Crippen LogP contribution < -0.4 is 15.6 Å². The quantitative estimate of drug-likeness (QED) is 0.708. The van der Waals surface area contributed by atoms with Gasteiger partial charge in [0.05, 0.1) is 12.8 Å². The molecule has 2 atom stereocenters. The van der Waals surface area contributed by atoms with Crippen molar-refractivity contribution in [3.8, 4) is 16.9 Å². The van der Waals surface area contributed by atoms with Gasteiger partial charge in [0.1, 0.15) is 12.1 Å². The number of amides is 2. The molecule has 2 amide bonds. The molecule has 1 saturated heterocycles. The maximum Gasteiger partial charge on any atom is 0.321 e. The maximum absolute atomic E-state index is 13.1. The van der Waals surface area contributed by atoms with E-state index in [1.165, 1.54) is 6.33 Å². The number of hydrogen-bond acceptors (Lipinski definition) is 5. The van der Waals surface area contributed by atoms with Crippen molar-refractivity contribution in [2.24, 2.45) is 5.92 Å². The third-order valence-electron chi connectivity index (χ3n) is 6.10. The van der Waals surface area contributed by atoms with E-state index in [4.69, 9.17) is 4.74 Å². The topological polar surface area (TPSA) is 89.3 Å². The van der Waals surface area contributed by atoms with Gasteiger partial charge in [-0.3, -0.25) is 4.79 Å². The van der Waals surface area contributed by atoms with Gasteiger partial charge in [-0.25, -0.2) is 14.8 Å². The Hall–Kier alpha value is -3.68. The Morgan fingerprint density at radius 1 is 1.10 bits per heavy atom. The number of aromatic nitrogens is 3. The first kappa shape index (κ1) is 19.3. The zero-order chi connectivity index (χ0) is 21.4. The van der Waals surface area contributed by atoms with E-state index in [0.29, 0.717) is 31.1 Å². The van der Waals surface area contributed by atoms with Gasteiger partial charge < -0.3 is 19.5 Å². The molecule has 2 aliphatic heterocycles. The number of carbonyl (C=O) groups is 1. The van der Waals surface area contributed by atoms with Crippen molar-refractivity contribution in [3.05, 3.63) is 71.2 Å². The van der Waals surface area contributed by atoms with Crippen molar-refractivity contribution in [2.45, 2.75) is 18.9 Å². The summed E-state index contributed by atoms with van der Waals surface area (Å²) in [6.45, 7) is 1.76. The van der Waals surface area contributed by atoms with E-state index in [1.54, 1.807) is 25.6 Å². The number of fused-ring (bicyclic) bond motifs is 4. The van der Waals surface area contributed by atoms with Crippen LogP contribution in [0.2, 0.25) is 0 Å². The normalized spacial score (nSPS) is 19.5. The first-order chi connectivity index (χ1) is 15.1. The molecule has 1 fully saturated rings. The lowest BCUT2D eigenvalue weighted by Crippen LogP contribution is -2.50. The van der Waals surface area contributed by atoms with Crippen molar-refractivity contribution in [1.82, 2.24) is 19.4 Å². The molecule has 1 aromatic carbocycles. The minimum Gasteiger partial charge on any atom is -0.495 e. The number of rotatable bonds is 3. The third kappa shape index (κ3) is 3.54. The van der Waals surface area contributed by atoms with Gasteiger partial charge in [-0.1, -0.05) is 12.1 Å². The standard InChI is InChI=1S/C23H23N5O3/c1-31-20-5-3-2-4-19(20)26-23(30)27-11-15-8-16(13-27)22-18(17-9-24-14-25-10-17)6-7-21(29)28(22)12-15/h2-7,9-10,14-16H,8,11-13H2,1H3,(H,26,30)/t15-,16+/m0/s1. The molecule has 2 aliphatic rings. The molecule has 0 spiro atoms. The zero-order valence-electron chi connectivity index (χ0n) is 17.2. The van der Waals surface area contributed by atoms with E-state index in [0.717, 1.165) is 23.2 Å². The van der Waals surface area contributed by atoms with Crippen molar-refractivity contribution in [1.29, 1.82) is 0 Å². The van der Waals surface area contributed by atoms with E-state index in [1.807, 2.05) is 39.8 Å². The molecule has 31 heavy (non-hydrogen) atoms. The average molecular weight is 417 g/mol. The van der Waals surface area contributed by atoms with Crippen LogP contribution in [0.1, 0.15) is 18.0 Å². The highest BCUT2D eigenvalue weighted by Gasteiger charge is 2.38. The molecule has 0 radical (unpaired) electrons. The Kier molecular flexibility index (Phi) is 4.89. The number of anilines is 1. The Morgan fingerprint density at radius 3 is 2.71 bits per heavy atom. The van der Waals surface area contributed by atoms with Gasteiger partial charge in [-0.15, -0.1) is 0 Å². The maximum atomic E-state index is 13.1. The fourth-order valence-corrected chi connectivity index (χ4v) is 4.81. The second-order valence-electron chi connectivity index (χ2n) is 8.04. The second-order valence-corrected chi connectivity index (χ2v) is 8.04. The van der Waals surface area contributed by atoms with Crippen molar-refractivity contribution in [2.75, 3.05) is 25.5 Å². The van der Waals surface area contributed by atoms with Crippen LogP contribution in [0.3, 0.4) is 0 Å². The highest BCUT2D eigenvalue weighted by Crippen LogP contribution is 2.39. The summed E-state index contributed by atoms with van der Waals surface area (Å²) in [7, 11) is 1.58. The van der Waals surface area contributed by atoms with Gasteiger partial charge in [-0.2, -0.15) is 0 Å². The summed E-state index contributed by atoms with van der Waals surface area (Å²) >= 11 is 0. The summed E-state index contributed by atoms with van der Waals surface area (Å²) in [5, 5.41) is 2.98. The number of likely N-dealkylation sites (tertiary alicyclic amines) is 1. The molecule has 1 N–H and O–H groups in total. The van der Waals surface area contributed by atoms with Crippen LogP contribution in [0.5, 0.6) is 5.75 Å². The van der Waals surface area contributed by atoms with Crippen LogP contribution in [0, 0.1) is 5.92 Å². The van der Waals surface area contributed by atoms with E-state index >= 15 is 0 Å². The molecule has 8 heteroatoms. The molecule has 0 aliphatic carbocycles. The summed E-state index contributed by atoms with van der Waals surface area (Å²) in [6, 6.07) is 10.7. The van der Waals surface area contributed by atoms with Crippen molar-refractivity contribution >= 4 is 11.7 Å². The van der Waals surface area contributed by atoms with Gasteiger partial charge >= 0.3 is 6.03 Å². The molecule has 0 unspecified atom stereocenters. The summed E-state index contributed by atoms with van der Waals surface area (Å²) in [5.74, 6) is 0.922. The summed E-state index contributed by atoms with van der Waals surface area (Å²) < 4.78 is 7.22. The monoisotopic (exact) mass is 417 g/mol. The third-order valence-corrected chi connectivity index (χ3v) is 6.10. The van der Waals surface area contributed by atoms with Gasteiger partial charge in [0.2, 0.25) is 0 Å². The van der Waals surface area contributed by atoms with Crippen LogP contribution in [0.15, 0.2) is 59.9 Å². The number of para-hydroxylation sites is 2. The minimum absolute atomic E-state index is 0.00257. The average Bonchev–Trinajstić information content (AvgIpc) is 2.80. The zero-order valence-corrected chi connectivity index (χ0v) is 17.2. The Bertz CT molecular complexity index is 1180. The summed E-state index contributed by atoms with van der Waals surface area (Å²) in [5.41, 5.74) is 3.44. The predicted molar refractivity (Wildman–Crippen MR) is 116 cm³/mol. The molecule has 2 aromatic heterocycles. The number of pyridine rings is 1. The van der Waals surface area contributed by atoms with Crippen LogP contribution in [-0.2, 0) is 6.54 Å². The van der Waals surface area contributed by atoms with Crippen LogP contribution >= 0.6 is 0 Å². The van der Waals surface area contributed by atoms with Crippen LogP contribution in [0.4, 0.5) is 10.5 Å². The fraction of sp³-hybridized carbons (Fsp3) is 0.304. The molecule has 0 saturated carbocycles. The second kappa shape index (κ2) is 7.86. The number of carbonyl (C=O) groups excluding carboxylic acids is 1. The number of piperidine rings is 1. The van der Waals surface area contributed by atoms with Crippen LogP contribution in [-0.4, -0.2) is 45.7 Å². The fourth-order valence-electron chi connectivity index (χ4n) is 4.81. The van der Waals surface area contributed by atoms with Gasteiger partial charge in [0, 0.05) is 60.8 Å². The van der Waals surface area contributed by atoms with E-state index < -0.39 is 0 Å². The number of hydrogen-bond donors (Lipinski definition) is 1. The highest BCUT2D eigenvalue weighted by molar-refractivity contribution is 5.91. The summed E-state index contributed by atoms with van der Waals surface area (Å²) in [6.07, 6.45) is 5.96. The van der Waals surface area contributed by atoms with E-state index in [9.17, 15) is 9.59 Å². The lowest BCUT2D eigenvalue weighted by molar-refractivity contribution is 0.140. The van der Waals surface area contributed by atoms with Crippen molar-refractivity contribution < 1.29 is 9.53 Å². The molecule has 5 rings (SSSR count). The number of ether oxygens (including phenoxy) is 1. The molecule has 3 aromatic rings. The molecule has 8 nitrogen and oxygen atoms in total. The SMILES string of the molecule is COc1ccccc1NC(=O)N1C[C@@H]2C[C@H](C1)c1c(-c3cncnc3)ccc(=O)n1C2. The minimum atomic E-state index is -0.157. The molecular weight excluding hydrogens is 394 g/mol. The number of urea groups is 1. The smallest absolute Gasteiger partial charge is 0.321 e.